The van der Waals surface area contributed by atoms with Gasteiger partial charge in [-0.2, -0.15) is 0 Å². The van der Waals surface area contributed by atoms with E-state index in [4.69, 9.17) is 11.5 Å². The smallest absolute Gasteiger partial charge is 0.239 e. The van der Waals surface area contributed by atoms with Crippen LogP contribution in [0.2, 0.25) is 0 Å². The molecule has 0 aromatic carbocycles. The minimum atomic E-state index is -0.573. The molecule has 5 nitrogen and oxygen atoms in total. The first kappa shape index (κ1) is 9.90. The lowest BCUT2D eigenvalue weighted by molar-refractivity contribution is -0.122. The van der Waals surface area contributed by atoms with Crippen LogP contribution in [0, 0.1) is 0 Å². The second kappa shape index (κ2) is 5.67. The molecule has 2 amide bonds. The summed E-state index contributed by atoms with van der Waals surface area (Å²) in [5.41, 5.74) is 10.2. The van der Waals surface area contributed by atoms with Crippen molar-refractivity contribution in [3.05, 3.63) is 0 Å². The fraction of sp³-hybridized carbons (Fsp3) is 0.667. The van der Waals surface area contributed by atoms with E-state index in [0.717, 1.165) is 0 Å². The number of rotatable bonds is 6. The summed E-state index contributed by atoms with van der Waals surface area (Å²) in [7, 11) is 0. The molecule has 5 N–H and O–H groups in total. The Bertz CT molecular complexity index is 138. The molecule has 0 saturated carbocycles. The molecular formula is C6H13N3O2. The number of hydrogen-bond donors (Lipinski definition) is 3. The van der Waals surface area contributed by atoms with Gasteiger partial charge in [0.15, 0.2) is 0 Å². The van der Waals surface area contributed by atoms with Crippen molar-refractivity contribution >= 4 is 12.3 Å². The number of nitrogens with one attached hydrogen (secondary N) is 1. The molecule has 0 aliphatic carbocycles. The lowest BCUT2D eigenvalue weighted by Gasteiger charge is -2.10. The summed E-state index contributed by atoms with van der Waals surface area (Å²) in [4.78, 5) is 20.5. The Morgan fingerprint density at radius 3 is 2.64 bits per heavy atom. The fourth-order valence-electron chi connectivity index (χ4n) is 0.712. The number of primary amides is 1. The van der Waals surface area contributed by atoms with Gasteiger partial charge in [-0.1, -0.05) is 0 Å². The zero-order valence-electron chi connectivity index (χ0n) is 6.25. The van der Waals surface area contributed by atoms with E-state index in [1.165, 1.54) is 0 Å². The predicted molar refractivity (Wildman–Crippen MR) is 40.5 cm³/mol. The molecule has 0 aromatic heterocycles. The van der Waals surface area contributed by atoms with Crippen LogP contribution in [-0.4, -0.2) is 24.9 Å². The van der Waals surface area contributed by atoms with E-state index in [1.54, 1.807) is 0 Å². The fourth-order valence-corrected chi connectivity index (χ4v) is 0.712. The molecule has 0 radical (unpaired) electrons. The summed E-state index contributed by atoms with van der Waals surface area (Å²) in [6, 6.07) is -0.573. The largest absolute Gasteiger partial charge is 0.368 e. The van der Waals surface area contributed by atoms with E-state index in [2.05, 4.69) is 5.32 Å². The van der Waals surface area contributed by atoms with Crippen LogP contribution in [0.3, 0.4) is 0 Å². The third-order valence-electron chi connectivity index (χ3n) is 1.31. The minimum absolute atomic E-state index is 0.464. The van der Waals surface area contributed by atoms with Crippen molar-refractivity contribution in [2.75, 3.05) is 6.54 Å². The normalized spacial score (nSPS) is 12.1. The number of carbonyl (C=O) groups is 2. The van der Waals surface area contributed by atoms with Crippen LogP contribution < -0.4 is 16.8 Å². The second-order valence-corrected chi connectivity index (χ2v) is 2.17. The van der Waals surface area contributed by atoms with Gasteiger partial charge in [0.2, 0.25) is 12.3 Å². The monoisotopic (exact) mass is 159 g/mol. The Hall–Kier alpha value is -1.10. The summed E-state index contributed by atoms with van der Waals surface area (Å²) in [5.74, 6) is -0.523. The van der Waals surface area contributed by atoms with E-state index < -0.39 is 11.9 Å². The number of nitrogens with two attached hydrogens (primary N) is 2. The maximum absolute atomic E-state index is 10.6. The van der Waals surface area contributed by atoms with Gasteiger partial charge in [0, 0.05) is 0 Å². The lowest BCUT2D eigenvalue weighted by atomic mass is 10.1. The summed E-state index contributed by atoms with van der Waals surface area (Å²) in [6.45, 7) is 0.490. The second-order valence-electron chi connectivity index (χ2n) is 2.17. The van der Waals surface area contributed by atoms with Crippen molar-refractivity contribution in [1.29, 1.82) is 0 Å². The molecule has 0 rings (SSSR count). The lowest BCUT2D eigenvalue weighted by Crippen LogP contribution is -2.40. The van der Waals surface area contributed by atoms with Crippen LogP contribution in [-0.2, 0) is 9.59 Å². The summed E-state index contributed by atoms with van der Waals surface area (Å²) < 4.78 is 0. The van der Waals surface area contributed by atoms with E-state index in [0.29, 0.717) is 25.8 Å². The van der Waals surface area contributed by atoms with Gasteiger partial charge in [-0.05, 0) is 19.4 Å². The molecule has 0 spiro atoms. The first-order valence-corrected chi connectivity index (χ1v) is 3.41. The van der Waals surface area contributed by atoms with Gasteiger partial charge in [0.25, 0.3) is 0 Å². The van der Waals surface area contributed by atoms with Crippen molar-refractivity contribution in [2.45, 2.75) is 18.9 Å². The summed E-state index contributed by atoms with van der Waals surface area (Å²) in [5, 5.41) is 2.31. The van der Waals surface area contributed by atoms with Crippen molar-refractivity contribution in [3.63, 3.8) is 0 Å². The SMILES string of the molecule is NCCC[C@H](NC=O)C(N)=O. The number of carbonyl (C=O) groups excluding carboxylic acids is 2. The summed E-state index contributed by atoms with van der Waals surface area (Å²) >= 11 is 0. The Morgan fingerprint density at radius 2 is 2.27 bits per heavy atom. The van der Waals surface area contributed by atoms with Gasteiger partial charge in [0.05, 0.1) is 0 Å². The molecule has 1 atom stereocenters. The molecule has 0 saturated heterocycles. The van der Waals surface area contributed by atoms with Crippen LogP contribution in [0.25, 0.3) is 0 Å². The molecule has 0 bridgehead atoms. The first-order chi connectivity index (χ1) is 5.22. The van der Waals surface area contributed by atoms with Crippen LogP contribution in [0.15, 0.2) is 0 Å². The zero-order valence-corrected chi connectivity index (χ0v) is 6.25. The topological polar surface area (TPSA) is 98.2 Å². The van der Waals surface area contributed by atoms with Crippen molar-refractivity contribution in [3.8, 4) is 0 Å². The van der Waals surface area contributed by atoms with E-state index in [9.17, 15) is 9.59 Å². The maximum atomic E-state index is 10.6. The Labute approximate surface area is 65.1 Å². The maximum Gasteiger partial charge on any atom is 0.239 e. The molecule has 0 heterocycles. The molecule has 11 heavy (non-hydrogen) atoms. The molecule has 0 aromatic rings. The summed E-state index contributed by atoms with van der Waals surface area (Å²) in [6.07, 6.45) is 1.64. The standard InChI is InChI=1S/C6H13N3O2/c7-3-1-2-5(6(8)11)9-4-10/h4-5H,1-3,7H2,(H2,8,11)(H,9,10)/t5-/m0/s1. The minimum Gasteiger partial charge on any atom is -0.368 e. The Morgan fingerprint density at radius 1 is 1.64 bits per heavy atom. The van der Waals surface area contributed by atoms with Crippen LogP contribution >= 0.6 is 0 Å². The van der Waals surface area contributed by atoms with Gasteiger partial charge in [-0.15, -0.1) is 0 Å². The van der Waals surface area contributed by atoms with E-state index in [1.807, 2.05) is 0 Å². The zero-order chi connectivity index (χ0) is 8.69. The number of amides is 2. The molecule has 5 heteroatoms. The Kier molecular flexibility index (Phi) is 5.10. The quantitative estimate of drug-likeness (QED) is 0.404. The molecule has 0 aliphatic rings. The van der Waals surface area contributed by atoms with Gasteiger partial charge in [-0.25, -0.2) is 0 Å². The predicted octanol–water partition coefficient (Wildman–Crippen LogP) is -1.67. The van der Waals surface area contributed by atoms with Crippen molar-refractivity contribution in [1.82, 2.24) is 5.32 Å². The molecule has 64 valence electrons. The third kappa shape index (κ3) is 4.32. The van der Waals surface area contributed by atoms with Crippen LogP contribution in [0.1, 0.15) is 12.8 Å². The highest BCUT2D eigenvalue weighted by Crippen LogP contribution is 1.93. The first-order valence-electron chi connectivity index (χ1n) is 3.41. The van der Waals surface area contributed by atoms with Gasteiger partial charge in [0.1, 0.15) is 6.04 Å². The van der Waals surface area contributed by atoms with E-state index in [-0.39, 0.29) is 0 Å². The highest BCUT2D eigenvalue weighted by atomic mass is 16.2. The third-order valence-corrected chi connectivity index (χ3v) is 1.31. The van der Waals surface area contributed by atoms with Gasteiger partial charge >= 0.3 is 0 Å². The average Bonchev–Trinajstić information content (AvgIpc) is 1.97. The van der Waals surface area contributed by atoms with E-state index >= 15 is 0 Å². The van der Waals surface area contributed by atoms with Crippen molar-refractivity contribution in [2.24, 2.45) is 11.5 Å². The van der Waals surface area contributed by atoms with Crippen LogP contribution in [0.4, 0.5) is 0 Å². The Balaban J connectivity index is 3.69. The molecule has 0 aliphatic heterocycles. The van der Waals surface area contributed by atoms with Crippen molar-refractivity contribution < 1.29 is 9.59 Å². The van der Waals surface area contributed by atoms with Gasteiger partial charge in [-0.3, -0.25) is 9.59 Å². The molecule has 0 fully saturated rings. The average molecular weight is 159 g/mol. The number of hydrogen-bond acceptors (Lipinski definition) is 3. The highest BCUT2D eigenvalue weighted by molar-refractivity contribution is 5.81. The molecular weight excluding hydrogens is 146 g/mol. The highest BCUT2D eigenvalue weighted by Gasteiger charge is 2.11. The van der Waals surface area contributed by atoms with Crippen LogP contribution in [0.5, 0.6) is 0 Å². The molecule has 0 unspecified atom stereocenters. The van der Waals surface area contributed by atoms with Gasteiger partial charge < -0.3 is 16.8 Å².